The predicted molar refractivity (Wildman–Crippen MR) is 146 cm³/mol. The topological polar surface area (TPSA) is 109 Å². The van der Waals surface area contributed by atoms with Crippen molar-refractivity contribution in [3.05, 3.63) is 59.7 Å². The molecule has 2 aliphatic heterocycles. The van der Waals surface area contributed by atoms with Crippen molar-refractivity contribution in [3.63, 3.8) is 0 Å². The molecule has 2 aromatic carbocycles. The van der Waals surface area contributed by atoms with Gasteiger partial charge in [0.05, 0.1) is 42.7 Å². The van der Waals surface area contributed by atoms with Gasteiger partial charge in [-0.3, -0.25) is 9.69 Å². The Morgan fingerprint density at radius 2 is 2.10 bits per heavy atom. The molecule has 3 aromatic rings. The fraction of sp³-hybridized carbons (Fsp3) is 0.393. The molecule has 1 amide bonds. The van der Waals surface area contributed by atoms with Gasteiger partial charge in [0.2, 0.25) is 5.91 Å². The normalized spacial score (nSPS) is 24.0. The zero-order chi connectivity index (χ0) is 26.9. The van der Waals surface area contributed by atoms with Crippen LogP contribution < -0.4 is 15.4 Å². The van der Waals surface area contributed by atoms with Crippen molar-refractivity contribution in [2.24, 2.45) is 17.8 Å². The Hall–Kier alpha value is -3.31. The molecule has 11 heteroatoms. The lowest BCUT2D eigenvalue weighted by Gasteiger charge is -2.39. The lowest BCUT2D eigenvalue weighted by atomic mass is 10.0. The van der Waals surface area contributed by atoms with E-state index < -0.39 is 5.82 Å². The van der Waals surface area contributed by atoms with Crippen LogP contribution in [0.25, 0.3) is 10.9 Å². The summed E-state index contributed by atoms with van der Waals surface area (Å²) in [6.07, 6.45) is 5.67. The number of benzene rings is 2. The maximum atomic E-state index is 13.6. The van der Waals surface area contributed by atoms with Gasteiger partial charge in [-0.15, -0.1) is 0 Å². The summed E-state index contributed by atoms with van der Waals surface area (Å²) in [5.41, 5.74) is 1.67. The number of likely N-dealkylation sites (tertiary alicyclic amines) is 1. The molecular formula is C28H29ClFN5O4. The summed E-state index contributed by atoms with van der Waals surface area (Å²) >= 11 is 5.95. The average Bonchev–Trinajstić information content (AvgIpc) is 3.32. The number of amides is 1. The second-order valence-electron chi connectivity index (χ2n) is 10.2. The molecule has 3 N–H and O–H groups in total. The summed E-state index contributed by atoms with van der Waals surface area (Å²) in [7, 11) is 0. The van der Waals surface area contributed by atoms with Gasteiger partial charge in [0.1, 0.15) is 23.7 Å². The highest BCUT2D eigenvalue weighted by molar-refractivity contribution is 6.31. The highest BCUT2D eigenvalue weighted by Gasteiger charge is 2.54. The molecule has 1 aromatic heterocycles. The third-order valence-corrected chi connectivity index (χ3v) is 8.11. The quantitative estimate of drug-likeness (QED) is 0.323. The Kier molecular flexibility index (Phi) is 7.35. The smallest absolute Gasteiger partial charge is 0.248 e. The molecule has 3 aliphatic rings. The van der Waals surface area contributed by atoms with E-state index in [9.17, 15) is 14.3 Å². The summed E-state index contributed by atoms with van der Waals surface area (Å²) < 4.78 is 25.4. The van der Waals surface area contributed by atoms with E-state index in [1.54, 1.807) is 24.3 Å². The van der Waals surface area contributed by atoms with Crippen molar-refractivity contribution in [1.29, 1.82) is 0 Å². The van der Waals surface area contributed by atoms with Crippen LogP contribution in [0.2, 0.25) is 5.02 Å². The van der Waals surface area contributed by atoms with Crippen molar-refractivity contribution in [2.45, 2.75) is 12.5 Å². The molecular weight excluding hydrogens is 525 g/mol. The molecule has 9 nitrogen and oxygen atoms in total. The van der Waals surface area contributed by atoms with Crippen LogP contribution in [0.4, 0.5) is 21.6 Å². The maximum absolute atomic E-state index is 13.6. The molecule has 1 saturated carbocycles. The van der Waals surface area contributed by atoms with E-state index in [1.165, 1.54) is 24.5 Å². The van der Waals surface area contributed by atoms with E-state index in [0.717, 1.165) is 26.2 Å². The first-order valence-electron chi connectivity index (χ1n) is 13.0. The van der Waals surface area contributed by atoms with Gasteiger partial charge in [0.25, 0.3) is 0 Å². The summed E-state index contributed by atoms with van der Waals surface area (Å²) in [6.45, 7) is 3.70. The molecule has 6 rings (SSSR count). The lowest BCUT2D eigenvalue weighted by Crippen LogP contribution is -2.49. The maximum Gasteiger partial charge on any atom is 0.248 e. The molecule has 2 saturated heterocycles. The lowest BCUT2D eigenvalue weighted by molar-refractivity contribution is -0.111. The molecule has 3 unspecified atom stereocenters. The number of aromatic nitrogens is 2. The van der Waals surface area contributed by atoms with Gasteiger partial charge in [-0.2, -0.15) is 0 Å². The molecule has 4 atom stereocenters. The first kappa shape index (κ1) is 25.9. The standard InChI is InChI=1S/C28H29ClFN5O4/c29-22-8-16(3-4-23(22)30)33-28-18-9-25(34-27(37)2-1-6-35-7-5-17(35)11-36)26(10-24(18)31-15-32-28)39-14-21-19-12-38-13-20(19)21/h1-4,8-10,15,17,19-21,36H,5-7,11-14H2,(H,34,37)(H,31,32,33)/b2-1+/t17?,19-,20?,21?/m0/s1. The van der Waals surface area contributed by atoms with Gasteiger partial charge in [0.15, 0.2) is 0 Å². The average molecular weight is 554 g/mol. The molecule has 1 aliphatic carbocycles. The van der Waals surface area contributed by atoms with Crippen LogP contribution in [0.1, 0.15) is 6.42 Å². The van der Waals surface area contributed by atoms with Crippen molar-refractivity contribution < 1.29 is 23.8 Å². The number of ether oxygens (including phenoxy) is 2. The van der Waals surface area contributed by atoms with Gasteiger partial charge in [0, 0.05) is 48.3 Å². The highest BCUT2D eigenvalue weighted by atomic mass is 35.5. The van der Waals surface area contributed by atoms with Crippen molar-refractivity contribution in [1.82, 2.24) is 14.9 Å². The number of nitrogens with one attached hydrogen (secondary N) is 2. The molecule has 0 bridgehead atoms. The minimum Gasteiger partial charge on any atom is -0.491 e. The fourth-order valence-electron chi connectivity index (χ4n) is 5.31. The van der Waals surface area contributed by atoms with E-state index in [0.29, 0.717) is 64.8 Å². The molecule has 39 heavy (non-hydrogen) atoms. The number of halogens is 2. The number of rotatable bonds is 10. The van der Waals surface area contributed by atoms with E-state index in [1.807, 2.05) is 0 Å². The third-order valence-electron chi connectivity index (χ3n) is 7.82. The van der Waals surface area contributed by atoms with Crippen molar-refractivity contribution in [2.75, 3.05) is 50.2 Å². The summed E-state index contributed by atoms with van der Waals surface area (Å²) in [5, 5.41) is 16.1. The fourth-order valence-corrected chi connectivity index (χ4v) is 5.49. The van der Waals surface area contributed by atoms with Crippen LogP contribution in [-0.4, -0.2) is 71.4 Å². The van der Waals surface area contributed by atoms with Gasteiger partial charge in [-0.05, 0) is 42.5 Å². The first-order valence-corrected chi connectivity index (χ1v) is 13.4. The largest absolute Gasteiger partial charge is 0.491 e. The summed E-state index contributed by atoms with van der Waals surface area (Å²) in [5.74, 6) is 1.71. The molecule has 0 spiro atoms. The highest BCUT2D eigenvalue weighted by Crippen LogP contribution is 2.51. The molecule has 204 valence electrons. The zero-order valence-corrected chi connectivity index (χ0v) is 21.9. The SMILES string of the molecule is O=C(/C=C/CN1CCC1CO)Nc1cc2c(Nc3ccc(F)c(Cl)c3)ncnc2cc1OCC1C2COC[C@@H]21. The number of carbonyl (C=O) groups excluding carboxylic acids is 1. The first-order chi connectivity index (χ1) is 19.0. The predicted octanol–water partition coefficient (Wildman–Crippen LogP) is 4.00. The summed E-state index contributed by atoms with van der Waals surface area (Å²) in [6, 6.07) is 8.05. The van der Waals surface area contributed by atoms with Gasteiger partial charge in [-0.1, -0.05) is 17.7 Å². The molecule has 3 heterocycles. The minimum absolute atomic E-state index is 0.00688. The van der Waals surface area contributed by atoms with E-state index in [4.69, 9.17) is 21.1 Å². The second-order valence-corrected chi connectivity index (χ2v) is 10.6. The Balaban J connectivity index is 1.24. The van der Waals surface area contributed by atoms with Gasteiger partial charge in [-0.25, -0.2) is 14.4 Å². The number of aliphatic hydroxyl groups is 1. The van der Waals surface area contributed by atoms with Crippen LogP contribution in [0.5, 0.6) is 5.75 Å². The summed E-state index contributed by atoms with van der Waals surface area (Å²) in [4.78, 5) is 23.7. The number of hydrogen-bond acceptors (Lipinski definition) is 8. The van der Waals surface area contributed by atoms with Crippen LogP contribution in [0.15, 0.2) is 48.8 Å². The van der Waals surface area contributed by atoms with Crippen molar-refractivity contribution >= 4 is 45.6 Å². The molecule has 0 radical (unpaired) electrons. The Morgan fingerprint density at radius 1 is 1.26 bits per heavy atom. The van der Waals surface area contributed by atoms with Crippen molar-refractivity contribution in [3.8, 4) is 5.75 Å². The Bertz CT molecular complexity index is 1410. The molecule has 3 fully saturated rings. The van der Waals surface area contributed by atoms with Gasteiger partial charge >= 0.3 is 0 Å². The Labute approximate surface area is 230 Å². The number of hydrogen-bond donors (Lipinski definition) is 3. The number of nitrogens with zero attached hydrogens (tertiary/aromatic N) is 3. The van der Waals surface area contributed by atoms with E-state index >= 15 is 0 Å². The van der Waals surface area contributed by atoms with Gasteiger partial charge < -0.3 is 25.2 Å². The number of carbonyl (C=O) groups is 1. The zero-order valence-electron chi connectivity index (χ0n) is 21.1. The second kappa shape index (κ2) is 11.1. The van der Waals surface area contributed by atoms with E-state index in [-0.39, 0.29) is 23.6 Å². The Morgan fingerprint density at radius 3 is 2.85 bits per heavy atom. The third kappa shape index (κ3) is 5.56. The number of anilines is 3. The van der Waals surface area contributed by atoms with Crippen LogP contribution in [0, 0.1) is 23.6 Å². The van der Waals surface area contributed by atoms with Crippen LogP contribution >= 0.6 is 11.6 Å². The minimum atomic E-state index is -0.512. The van der Waals surface area contributed by atoms with Crippen LogP contribution in [-0.2, 0) is 9.53 Å². The monoisotopic (exact) mass is 553 g/mol. The van der Waals surface area contributed by atoms with Crippen LogP contribution in [0.3, 0.4) is 0 Å². The number of aliphatic hydroxyl groups excluding tert-OH is 1. The number of fused-ring (bicyclic) bond motifs is 2. The van der Waals surface area contributed by atoms with E-state index in [2.05, 4.69) is 25.5 Å².